The third kappa shape index (κ3) is 2.42. The van der Waals surface area contributed by atoms with Crippen LogP contribution in [-0.2, 0) is 9.53 Å². The smallest absolute Gasteiger partial charge is 0.363 e. The zero-order valence-electron chi connectivity index (χ0n) is 11.2. The summed E-state index contributed by atoms with van der Waals surface area (Å²) in [5, 5.41) is 1.96. The average Bonchev–Trinajstić information content (AvgIpc) is 3.04. The van der Waals surface area contributed by atoms with Crippen LogP contribution < -0.4 is 0 Å². The van der Waals surface area contributed by atoms with Crippen molar-refractivity contribution in [3.63, 3.8) is 0 Å². The summed E-state index contributed by atoms with van der Waals surface area (Å²) in [6.07, 6.45) is 1.75. The van der Waals surface area contributed by atoms with Crippen LogP contribution in [0.4, 0.5) is 0 Å². The lowest BCUT2D eigenvalue weighted by atomic mass is 10.1. The Morgan fingerprint density at radius 2 is 2.05 bits per heavy atom. The molecule has 0 atom stereocenters. The maximum atomic E-state index is 11.8. The van der Waals surface area contributed by atoms with Gasteiger partial charge in [0, 0.05) is 10.4 Å². The predicted octanol–water partition coefficient (Wildman–Crippen LogP) is 3.71. The molecule has 0 saturated heterocycles. The average molecular weight is 283 g/mol. The van der Waals surface area contributed by atoms with Crippen molar-refractivity contribution in [2.75, 3.05) is 0 Å². The molecule has 0 amide bonds. The van der Waals surface area contributed by atoms with Crippen LogP contribution in [0.3, 0.4) is 0 Å². The molecule has 20 heavy (non-hydrogen) atoms. The van der Waals surface area contributed by atoms with Crippen LogP contribution in [0.1, 0.15) is 21.6 Å². The number of nitrogens with zero attached hydrogens (tertiary/aromatic N) is 1. The highest BCUT2D eigenvalue weighted by Gasteiger charge is 2.24. The van der Waals surface area contributed by atoms with Crippen LogP contribution >= 0.6 is 11.3 Å². The zero-order chi connectivity index (χ0) is 14.1. The Labute approximate surface area is 121 Å². The molecule has 0 spiro atoms. The van der Waals surface area contributed by atoms with E-state index in [1.807, 2.05) is 49.6 Å². The van der Waals surface area contributed by atoms with E-state index in [-0.39, 0.29) is 0 Å². The highest BCUT2D eigenvalue weighted by molar-refractivity contribution is 7.10. The quantitative estimate of drug-likeness (QED) is 0.622. The minimum atomic E-state index is -0.397. The molecule has 0 N–H and O–H groups in total. The van der Waals surface area contributed by atoms with Crippen molar-refractivity contribution in [1.29, 1.82) is 0 Å². The molecule has 1 aromatic carbocycles. The lowest BCUT2D eigenvalue weighted by molar-refractivity contribution is -0.129. The number of carbonyl (C=O) groups is 1. The molecule has 0 unspecified atom stereocenters. The van der Waals surface area contributed by atoms with E-state index >= 15 is 0 Å². The van der Waals surface area contributed by atoms with Gasteiger partial charge in [-0.3, -0.25) is 0 Å². The summed E-state index contributed by atoms with van der Waals surface area (Å²) < 4.78 is 5.25. The highest BCUT2D eigenvalue weighted by Crippen LogP contribution is 2.22. The topological polar surface area (TPSA) is 38.7 Å². The first-order valence-electron chi connectivity index (χ1n) is 6.27. The Morgan fingerprint density at radius 3 is 2.75 bits per heavy atom. The molecule has 1 aromatic heterocycles. The Balaban J connectivity index is 1.96. The zero-order valence-corrected chi connectivity index (χ0v) is 12.0. The van der Waals surface area contributed by atoms with Gasteiger partial charge >= 0.3 is 5.97 Å². The molecule has 0 aliphatic carbocycles. The van der Waals surface area contributed by atoms with Gasteiger partial charge < -0.3 is 4.74 Å². The summed E-state index contributed by atoms with van der Waals surface area (Å²) in [7, 11) is 0. The molecule has 4 heteroatoms. The molecule has 0 saturated carbocycles. The number of ether oxygens (including phenoxy) is 1. The summed E-state index contributed by atoms with van der Waals surface area (Å²) in [6, 6.07) is 9.78. The van der Waals surface area contributed by atoms with Gasteiger partial charge in [0.1, 0.15) is 0 Å². The van der Waals surface area contributed by atoms with E-state index in [4.69, 9.17) is 4.74 Å². The Hall–Kier alpha value is -2.20. The van der Waals surface area contributed by atoms with Crippen LogP contribution in [0.5, 0.6) is 0 Å². The Bertz CT molecular complexity index is 727. The number of rotatable bonds is 2. The number of hydrogen-bond acceptors (Lipinski definition) is 4. The van der Waals surface area contributed by atoms with Gasteiger partial charge in [-0.1, -0.05) is 12.1 Å². The number of aliphatic imine (C=N–C) groups is 1. The van der Waals surface area contributed by atoms with Gasteiger partial charge in [0.15, 0.2) is 5.70 Å². The van der Waals surface area contributed by atoms with Gasteiger partial charge in [-0.15, -0.1) is 11.3 Å². The van der Waals surface area contributed by atoms with Crippen molar-refractivity contribution in [3.8, 4) is 0 Å². The third-order valence-electron chi connectivity index (χ3n) is 3.20. The largest absolute Gasteiger partial charge is 0.402 e. The number of benzene rings is 1. The van der Waals surface area contributed by atoms with E-state index in [0.29, 0.717) is 11.6 Å². The summed E-state index contributed by atoms with van der Waals surface area (Å²) >= 11 is 1.56. The molecule has 1 aliphatic rings. The molecule has 0 fully saturated rings. The van der Waals surface area contributed by atoms with Crippen LogP contribution in [0.15, 0.2) is 46.4 Å². The second-order valence-corrected chi connectivity index (χ2v) is 5.63. The van der Waals surface area contributed by atoms with Crippen molar-refractivity contribution in [3.05, 3.63) is 63.0 Å². The predicted molar refractivity (Wildman–Crippen MR) is 80.8 cm³/mol. The van der Waals surface area contributed by atoms with E-state index in [9.17, 15) is 4.79 Å². The third-order valence-corrected chi connectivity index (χ3v) is 4.02. The van der Waals surface area contributed by atoms with Gasteiger partial charge in [-0.25, -0.2) is 9.79 Å². The van der Waals surface area contributed by atoms with E-state index in [1.165, 1.54) is 5.56 Å². The SMILES string of the molecule is Cc1ccc(C2=N/C(=C\c3cccs3)C(=O)O2)cc1C. The first-order valence-corrected chi connectivity index (χ1v) is 7.15. The fourth-order valence-electron chi connectivity index (χ4n) is 1.92. The van der Waals surface area contributed by atoms with E-state index in [1.54, 1.807) is 17.4 Å². The van der Waals surface area contributed by atoms with Crippen molar-refractivity contribution in [1.82, 2.24) is 0 Å². The lowest BCUT2D eigenvalue weighted by Gasteiger charge is -2.03. The highest BCUT2D eigenvalue weighted by atomic mass is 32.1. The minimum Gasteiger partial charge on any atom is -0.402 e. The number of hydrogen-bond donors (Lipinski definition) is 0. The standard InChI is InChI=1S/C16H13NO2S/c1-10-5-6-12(8-11(10)2)15-17-14(16(18)19-15)9-13-4-3-7-20-13/h3-9H,1-2H3/b14-9-. The fraction of sp³-hybridized carbons (Fsp3) is 0.125. The maximum Gasteiger partial charge on any atom is 0.363 e. The molecule has 0 bridgehead atoms. The van der Waals surface area contributed by atoms with Gasteiger partial charge in [0.2, 0.25) is 5.90 Å². The molecule has 3 rings (SSSR count). The van der Waals surface area contributed by atoms with E-state index in [2.05, 4.69) is 4.99 Å². The van der Waals surface area contributed by atoms with Crippen molar-refractivity contribution in [2.45, 2.75) is 13.8 Å². The molecule has 100 valence electrons. The number of esters is 1. The summed E-state index contributed by atoms with van der Waals surface area (Å²) in [5.74, 6) is -0.0208. The normalized spacial score (nSPS) is 16.4. The summed E-state index contributed by atoms with van der Waals surface area (Å²) in [6.45, 7) is 4.07. The first kappa shape index (κ1) is 12.8. The van der Waals surface area contributed by atoms with Crippen LogP contribution in [0, 0.1) is 13.8 Å². The number of thiophene rings is 1. The lowest BCUT2D eigenvalue weighted by Crippen LogP contribution is -2.05. The number of cyclic esters (lactones) is 1. The summed E-state index contributed by atoms with van der Waals surface area (Å²) in [5.41, 5.74) is 3.53. The van der Waals surface area contributed by atoms with E-state index < -0.39 is 5.97 Å². The van der Waals surface area contributed by atoms with Crippen molar-refractivity contribution in [2.24, 2.45) is 4.99 Å². The molecule has 1 aliphatic heterocycles. The van der Waals surface area contributed by atoms with Crippen molar-refractivity contribution >= 4 is 29.3 Å². The second kappa shape index (κ2) is 5.06. The summed E-state index contributed by atoms with van der Waals surface area (Å²) in [4.78, 5) is 17.1. The molecular weight excluding hydrogens is 270 g/mol. The monoisotopic (exact) mass is 283 g/mol. The van der Waals surface area contributed by atoms with Gasteiger partial charge in [0.05, 0.1) is 0 Å². The molecule has 3 nitrogen and oxygen atoms in total. The number of carbonyl (C=O) groups excluding carboxylic acids is 1. The second-order valence-electron chi connectivity index (χ2n) is 4.65. The molecule has 2 heterocycles. The van der Waals surface area contributed by atoms with Gasteiger partial charge in [0.25, 0.3) is 0 Å². The van der Waals surface area contributed by atoms with Gasteiger partial charge in [-0.2, -0.15) is 0 Å². The van der Waals surface area contributed by atoms with Crippen molar-refractivity contribution < 1.29 is 9.53 Å². The molecular formula is C16H13NO2S. The maximum absolute atomic E-state index is 11.8. The molecule has 0 radical (unpaired) electrons. The Morgan fingerprint density at radius 1 is 1.20 bits per heavy atom. The van der Waals surface area contributed by atoms with E-state index in [0.717, 1.165) is 16.0 Å². The minimum absolute atomic E-state index is 0.348. The Kier molecular flexibility index (Phi) is 3.24. The van der Waals surface area contributed by atoms with Crippen LogP contribution in [0.25, 0.3) is 6.08 Å². The van der Waals surface area contributed by atoms with Crippen LogP contribution in [0.2, 0.25) is 0 Å². The fourth-order valence-corrected chi connectivity index (χ4v) is 2.57. The number of aryl methyl sites for hydroxylation is 2. The first-order chi connectivity index (χ1) is 9.63. The molecule has 2 aromatic rings. The van der Waals surface area contributed by atoms with Gasteiger partial charge in [-0.05, 0) is 54.6 Å². The van der Waals surface area contributed by atoms with Crippen LogP contribution in [-0.4, -0.2) is 11.9 Å².